The Kier molecular flexibility index (Phi) is 4.74. The quantitative estimate of drug-likeness (QED) is 0.738. The molecule has 0 aromatic carbocycles. The molecule has 1 unspecified atom stereocenters. The molecule has 0 aromatic heterocycles. The van der Waals surface area contributed by atoms with Gasteiger partial charge in [0, 0.05) is 13.1 Å². The van der Waals surface area contributed by atoms with E-state index < -0.39 is 11.4 Å². The second kappa shape index (κ2) is 5.64. The summed E-state index contributed by atoms with van der Waals surface area (Å²) in [7, 11) is 2.01. The highest BCUT2D eigenvalue weighted by Crippen LogP contribution is 2.18. The van der Waals surface area contributed by atoms with Crippen molar-refractivity contribution in [3.8, 4) is 0 Å². The lowest BCUT2D eigenvalue weighted by atomic mass is 9.92. The molecule has 1 fully saturated rings. The first-order valence-corrected chi connectivity index (χ1v) is 6.04. The van der Waals surface area contributed by atoms with E-state index in [0.717, 1.165) is 19.6 Å². The number of piperidine rings is 1. The fourth-order valence-electron chi connectivity index (χ4n) is 2.33. The van der Waals surface area contributed by atoms with Gasteiger partial charge in [-0.3, -0.25) is 4.79 Å². The highest BCUT2D eigenvalue weighted by Gasteiger charge is 2.29. The zero-order valence-corrected chi connectivity index (χ0v) is 10.6. The maximum atomic E-state index is 11.0. The van der Waals surface area contributed by atoms with Crippen molar-refractivity contribution < 1.29 is 9.90 Å². The van der Waals surface area contributed by atoms with Gasteiger partial charge < -0.3 is 15.3 Å². The first kappa shape index (κ1) is 13.5. The van der Waals surface area contributed by atoms with E-state index in [0.29, 0.717) is 12.5 Å². The number of carboxylic acid groups (broad SMARTS) is 1. The van der Waals surface area contributed by atoms with Crippen molar-refractivity contribution in [2.75, 3.05) is 33.2 Å². The van der Waals surface area contributed by atoms with Crippen LogP contribution in [0.5, 0.6) is 0 Å². The number of hydrogen-bond donors (Lipinski definition) is 2. The van der Waals surface area contributed by atoms with Crippen molar-refractivity contribution in [3.05, 3.63) is 0 Å². The molecule has 0 radical (unpaired) electrons. The average Bonchev–Trinajstić information content (AvgIpc) is 2.17. The third kappa shape index (κ3) is 4.10. The van der Waals surface area contributed by atoms with Crippen LogP contribution in [-0.4, -0.2) is 49.2 Å². The summed E-state index contributed by atoms with van der Waals surface area (Å²) in [6, 6.07) is 0. The summed E-state index contributed by atoms with van der Waals surface area (Å²) in [5, 5.41) is 12.4. The highest BCUT2D eigenvalue weighted by molar-refractivity contribution is 5.73. The number of rotatable bonds is 5. The summed E-state index contributed by atoms with van der Waals surface area (Å²) in [5.74, 6) is -0.0514. The van der Waals surface area contributed by atoms with Crippen LogP contribution in [0.4, 0.5) is 0 Å². The first-order chi connectivity index (χ1) is 7.42. The number of hydrogen-bond acceptors (Lipinski definition) is 3. The fourth-order valence-corrected chi connectivity index (χ4v) is 2.33. The lowest BCUT2D eigenvalue weighted by molar-refractivity contribution is -0.147. The van der Waals surface area contributed by atoms with Gasteiger partial charge in [0.25, 0.3) is 0 Å². The van der Waals surface area contributed by atoms with E-state index in [1.54, 1.807) is 13.8 Å². The Bertz CT molecular complexity index is 235. The van der Waals surface area contributed by atoms with Gasteiger partial charge in [0.1, 0.15) is 0 Å². The normalized spacial score (nSPS) is 22.4. The second-order valence-corrected chi connectivity index (χ2v) is 5.60. The van der Waals surface area contributed by atoms with Crippen molar-refractivity contribution >= 4 is 5.97 Å². The maximum absolute atomic E-state index is 11.0. The van der Waals surface area contributed by atoms with Gasteiger partial charge in [-0.2, -0.15) is 0 Å². The minimum Gasteiger partial charge on any atom is -0.481 e. The highest BCUT2D eigenvalue weighted by atomic mass is 16.4. The molecule has 4 nitrogen and oxygen atoms in total. The molecule has 0 bridgehead atoms. The first-order valence-electron chi connectivity index (χ1n) is 6.04. The van der Waals surface area contributed by atoms with Crippen LogP contribution in [0.15, 0.2) is 0 Å². The molecule has 0 amide bonds. The smallest absolute Gasteiger partial charge is 0.310 e. The Morgan fingerprint density at radius 3 is 2.75 bits per heavy atom. The Morgan fingerprint density at radius 1 is 1.56 bits per heavy atom. The van der Waals surface area contributed by atoms with Crippen molar-refractivity contribution in [1.29, 1.82) is 0 Å². The summed E-state index contributed by atoms with van der Waals surface area (Å²) in [6.07, 6.45) is 2.49. The summed E-state index contributed by atoms with van der Waals surface area (Å²) in [4.78, 5) is 13.2. The van der Waals surface area contributed by atoms with Gasteiger partial charge in [0.2, 0.25) is 0 Å². The topological polar surface area (TPSA) is 52.6 Å². The zero-order valence-electron chi connectivity index (χ0n) is 10.6. The fraction of sp³-hybridized carbons (Fsp3) is 0.917. The van der Waals surface area contributed by atoms with E-state index >= 15 is 0 Å². The van der Waals surface area contributed by atoms with E-state index in [1.165, 1.54) is 12.8 Å². The minimum absolute atomic E-state index is 0.610. The third-order valence-corrected chi connectivity index (χ3v) is 3.21. The van der Waals surface area contributed by atoms with E-state index in [-0.39, 0.29) is 0 Å². The number of carboxylic acids is 1. The minimum atomic E-state index is -0.721. The monoisotopic (exact) mass is 228 g/mol. The number of nitrogens with one attached hydrogen (secondary N) is 1. The SMILES string of the molecule is CN(CC1CCCNC1)CC(C)(C)C(=O)O. The molecule has 1 aliphatic heterocycles. The molecule has 1 heterocycles. The molecule has 16 heavy (non-hydrogen) atoms. The molecule has 94 valence electrons. The molecular formula is C12H24N2O2. The van der Waals surface area contributed by atoms with Crippen LogP contribution in [-0.2, 0) is 4.79 Å². The van der Waals surface area contributed by atoms with E-state index in [4.69, 9.17) is 5.11 Å². The molecule has 1 saturated heterocycles. The van der Waals surface area contributed by atoms with Gasteiger partial charge in [0.05, 0.1) is 5.41 Å². The van der Waals surface area contributed by atoms with E-state index in [1.807, 2.05) is 7.05 Å². The number of nitrogens with zero attached hydrogens (tertiary/aromatic N) is 1. The summed E-state index contributed by atoms with van der Waals surface area (Å²) < 4.78 is 0. The number of carbonyl (C=O) groups is 1. The van der Waals surface area contributed by atoms with Gasteiger partial charge in [-0.25, -0.2) is 0 Å². The Hall–Kier alpha value is -0.610. The van der Waals surface area contributed by atoms with E-state index in [2.05, 4.69) is 10.2 Å². The third-order valence-electron chi connectivity index (χ3n) is 3.21. The van der Waals surface area contributed by atoms with Crippen LogP contribution in [0.3, 0.4) is 0 Å². The van der Waals surface area contributed by atoms with Crippen molar-refractivity contribution in [2.45, 2.75) is 26.7 Å². The lowest BCUT2D eigenvalue weighted by Crippen LogP contribution is -2.42. The molecule has 0 aromatic rings. The Labute approximate surface area is 98.0 Å². The maximum Gasteiger partial charge on any atom is 0.310 e. The number of aliphatic carboxylic acids is 1. The van der Waals surface area contributed by atoms with Gasteiger partial charge in [-0.05, 0) is 52.7 Å². The van der Waals surface area contributed by atoms with Gasteiger partial charge >= 0.3 is 5.97 Å². The van der Waals surface area contributed by atoms with Crippen LogP contribution in [0.1, 0.15) is 26.7 Å². The zero-order chi connectivity index (χ0) is 12.2. The van der Waals surface area contributed by atoms with Gasteiger partial charge in [-0.15, -0.1) is 0 Å². The molecule has 4 heteroatoms. The van der Waals surface area contributed by atoms with Crippen LogP contribution in [0.25, 0.3) is 0 Å². The largest absolute Gasteiger partial charge is 0.481 e. The summed E-state index contributed by atoms with van der Waals surface area (Å²) in [6.45, 7) is 7.36. The summed E-state index contributed by atoms with van der Waals surface area (Å²) >= 11 is 0. The molecule has 2 N–H and O–H groups in total. The predicted octanol–water partition coefficient (Wildman–Crippen LogP) is 1.03. The van der Waals surface area contributed by atoms with Crippen LogP contribution >= 0.6 is 0 Å². The van der Waals surface area contributed by atoms with Crippen molar-refractivity contribution in [2.24, 2.45) is 11.3 Å². The summed E-state index contributed by atoms with van der Waals surface area (Å²) in [5.41, 5.74) is -0.656. The molecular weight excluding hydrogens is 204 g/mol. The molecule has 1 rings (SSSR count). The molecule has 0 aliphatic carbocycles. The standard InChI is InChI=1S/C12H24N2O2/c1-12(2,11(15)16)9-14(3)8-10-5-4-6-13-7-10/h10,13H,4-9H2,1-3H3,(H,15,16). The van der Waals surface area contributed by atoms with Crippen LogP contribution < -0.4 is 5.32 Å². The molecule has 1 atom stereocenters. The predicted molar refractivity (Wildman–Crippen MR) is 64.5 cm³/mol. The van der Waals surface area contributed by atoms with Crippen molar-refractivity contribution in [3.63, 3.8) is 0 Å². The Morgan fingerprint density at radius 2 is 2.25 bits per heavy atom. The average molecular weight is 228 g/mol. The van der Waals surface area contributed by atoms with Crippen molar-refractivity contribution in [1.82, 2.24) is 10.2 Å². The Balaban J connectivity index is 2.34. The van der Waals surface area contributed by atoms with Gasteiger partial charge in [-0.1, -0.05) is 0 Å². The second-order valence-electron chi connectivity index (χ2n) is 5.60. The molecule has 1 aliphatic rings. The lowest BCUT2D eigenvalue weighted by Gasteiger charge is -2.31. The molecule has 0 saturated carbocycles. The van der Waals surface area contributed by atoms with Crippen LogP contribution in [0, 0.1) is 11.3 Å². The van der Waals surface area contributed by atoms with E-state index in [9.17, 15) is 4.79 Å². The van der Waals surface area contributed by atoms with Crippen LogP contribution in [0.2, 0.25) is 0 Å². The van der Waals surface area contributed by atoms with Gasteiger partial charge in [0.15, 0.2) is 0 Å². The molecule has 0 spiro atoms.